The minimum Gasteiger partial charge on any atom is -0.309 e. The van der Waals surface area contributed by atoms with E-state index in [0.29, 0.717) is 11.4 Å². The van der Waals surface area contributed by atoms with Gasteiger partial charge in [0.25, 0.3) is 0 Å². The molecule has 2 aromatic heterocycles. The van der Waals surface area contributed by atoms with E-state index < -0.39 is 23.5 Å². The Kier molecular flexibility index (Phi) is 9.80. The number of hydrogen-bond donors (Lipinski definition) is 0. The summed E-state index contributed by atoms with van der Waals surface area (Å²) in [7, 11) is 0. The Morgan fingerprint density at radius 1 is 0.236 bits per heavy atom. The second-order valence-corrected chi connectivity index (χ2v) is 18.3. The lowest BCUT2D eigenvalue weighted by Crippen LogP contribution is -2.05. The lowest BCUT2D eigenvalue weighted by atomic mass is 9.84. The van der Waals surface area contributed by atoms with Gasteiger partial charge in [-0.1, -0.05) is 133 Å². The van der Waals surface area contributed by atoms with Crippen LogP contribution in [-0.4, -0.2) is 9.13 Å². The van der Waals surface area contributed by atoms with Crippen molar-refractivity contribution in [3.05, 3.63) is 242 Å². The predicted octanol–water partition coefficient (Wildman–Crippen LogP) is 18.9. The lowest BCUT2D eigenvalue weighted by molar-refractivity contribution is -0.138. The summed E-state index contributed by atoms with van der Waals surface area (Å²) < 4.78 is 85.6. The highest BCUT2D eigenvalue weighted by molar-refractivity contribution is 6.23. The molecule has 0 unspecified atom stereocenters. The molecule has 0 atom stereocenters. The van der Waals surface area contributed by atoms with E-state index in [1.165, 1.54) is 24.3 Å². The molecule has 2 heterocycles. The van der Waals surface area contributed by atoms with Crippen LogP contribution in [-0.2, 0) is 12.4 Å². The molecule has 0 aliphatic carbocycles. The molecule has 0 aliphatic rings. The maximum Gasteiger partial charge on any atom is 0.416 e. The van der Waals surface area contributed by atoms with E-state index in [2.05, 4.69) is 133 Å². The fraction of sp³-hybridized carbons (Fsp3) is 0.0312. The second kappa shape index (κ2) is 16.4. The Morgan fingerprint density at radius 2 is 0.556 bits per heavy atom. The maximum absolute atomic E-state index is 13.6. The highest BCUT2D eigenvalue weighted by Gasteiger charge is 2.31. The van der Waals surface area contributed by atoms with E-state index in [0.717, 1.165) is 134 Å². The molecule has 0 saturated carbocycles. The van der Waals surface area contributed by atoms with Gasteiger partial charge in [-0.25, -0.2) is 0 Å². The Morgan fingerprint density at radius 3 is 0.931 bits per heavy atom. The molecular weight excluding hydrogens is 911 g/mol. The topological polar surface area (TPSA) is 9.86 Å². The monoisotopic (exact) mass is 948 g/mol. The van der Waals surface area contributed by atoms with Crippen molar-refractivity contribution in [2.24, 2.45) is 0 Å². The lowest BCUT2D eigenvalue weighted by Gasteiger charge is -2.20. The van der Waals surface area contributed by atoms with Gasteiger partial charge < -0.3 is 9.13 Å². The standard InChI is InChI=1S/C64H38F6N2/c65-63(66,67)45-23-27-47(28-24-45)71-57-17-9-7-15-49(57)53-35-43(21-33-59(53)71)41-20-32-52-55(37-41)61(39-11-3-1-4-12-39)51-31-19-42(38-56(51)62(52)40-13-5-2-6-14-40)44-22-34-60-54(36-44)50-16-8-10-18-58(50)72(60)48-29-25-46(26-30-48)64(68,69)70/h1-38H. The number of benzene rings is 11. The van der Waals surface area contributed by atoms with Gasteiger partial charge in [-0.2, -0.15) is 26.3 Å². The molecule has 0 aliphatic heterocycles. The SMILES string of the molecule is FC(F)(F)c1ccc(-n2c3ccccc3c3cc(-c4ccc5c(-c6ccccc6)c6cc(-c7ccc8c(c7)c7ccccc7n8-c7ccc(C(F)(F)F)cc7)ccc6c(-c6ccccc6)c5c4)ccc32)cc1. The van der Waals surface area contributed by atoms with Crippen LogP contribution in [0, 0.1) is 0 Å². The van der Waals surface area contributed by atoms with Gasteiger partial charge in [-0.05, 0) is 163 Å². The van der Waals surface area contributed by atoms with E-state index in [4.69, 9.17) is 0 Å². The third-order valence-corrected chi connectivity index (χ3v) is 14.2. The van der Waals surface area contributed by atoms with Crippen molar-refractivity contribution in [2.45, 2.75) is 12.4 Å². The average Bonchev–Trinajstić information content (AvgIpc) is 3.92. The molecular formula is C64H38F6N2. The zero-order valence-electron chi connectivity index (χ0n) is 38.1. The van der Waals surface area contributed by atoms with Crippen molar-refractivity contribution < 1.29 is 26.3 Å². The highest BCUT2D eigenvalue weighted by Crippen LogP contribution is 2.47. The summed E-state index contributed by atoms with van der Waals surface area (Å²) in [4.78, 5) is 0. The van der Waals surface area contributed by atoms with Crippen LogP contribution in [0.2, 0.25) is 0 Å². The first kappa shape index (κ1) is 43.2. The zero-order valence-corrected chi connectivity index (χ0v) is 38.1. The molecule has 11 aromatic carbocycles. The van der Waals surface area contributed by atoms with Crippen molar-refractivity contribution >= 4 is 65.2 Å². The summed E-state index contributed by atoms with van der Waals surface area (Å²) in [6.45, 7) is 0. The minimum atomic E-state index is -4.43. The van der Waals surface area contributed by atoms with Gasteiger partial charge in [0.15, 0.2) is 0 Å². The summed E-state index contributed by atoms with van der Waals surface area (Å²) in [6, 6.07) is 73.6. The Bertz CT molecular complexity index is 3980. The molecule has 13 aromatic rings. The molecule has 0 radical (unpaired) electrons. The molecule has 0 spiro atoms. The van der Waals surface area contributed by atoms with Crippen LogP contribution in [0.15, 0.2) is 231 Å². The third-order valence-electron chi connectivity index (χ3n) is 14.2. The first-order valence-corrected chi connectivity index (χ1v) is 23.5. The minimum absolute atomic E-state index is 0.647. The van der Waals surface area contributed by atoms with Gasteiger partial charge in [-0.15, -0.1) is 0 Å². The summed E-state index contributed by atoms with van der Waals surface area (Å²) in [5, 5.41) is 8.32. The molecule has 346 valence electrons. The van der Waals surface area contributed by atoms with Gasteiger partial charge in [0.05, 0.1) is 33.2 Å². The van der Waals surface area contributed by atoms with Gasteiger partial charge in [0, 0.05) is 32.9 Å². The van der Waals surface area contributed by atoms with Crippen molar-refractivity contribution in [3.8, 4) is 55.9 Å². The molecule has 0 saturated heterocycles. The number of para-hydroxylation sites is 2. The quantitative estimate of drug-likeness (QED) is 0.116. The smallest absolute Gasteiger partial charge is 0.309 e. The van der Waals surface area contributed by atoms with Crippen LogP contribution in [0.5, 0.6) is 0 Å². The van der Waals surface area contributed by atoms with E-state index in [9.17, 15) is 26.3 Å². The molecule has 72 heavy (non-hydrogen) atoms. The van der Waals surface area contributed by atoms with Crippen LogP contribution < -0.4 is 0 Å². The molecule has 8 heteroatoms. The third kappa shape index (κ3) is 7.04. The van der Waals surface area contributed by atoms with Crippen LogP contribution in [0.4, 0.5) is 26.3 Å². The predicted molar refractivity (Wildman–Crippen MR) is 282 cm³/mol. The van der Waals surface area contributed by atoms with E-state index in [1.54, 1.807) is 0 Å². The van der Waals surface area contributed by atoms with Gasteiger partial charge in [-0.3, -0.25) is 0 Å². The van der Waals surface area contributed by atoms with Crippen LogP contribution in [0.1, 0.15) is 11.1 Å². The average molecular weight is 949 g/mol. The Balaban J connectivity index is 0.996. The van der Waals surface area contributed by atoms with Crippen LogP contribution in [0.3, 0.4) is 0 Å². The largest absolute Gasteiger partial charge is 0.416 e. The fourth-order valence-corrected chi connectivity index (χ4v) is 10.9. The Hall–Kier alpha value is -8.88. The highest BCUT2D eigenvalue weighted by atomic mass is 19.4. The number of hydrogen-bond acceptors (Lipinski definition) is 0. The zero-order chi connectivity index (χ0) is 48.9. The number of fused-ring (bicyclic) bond motifs is 8. The summed E-state index contributed by atoms with van der Waals surface area (Å²) in [6.07, 6.45) is -8.86. The summed E-state index contributed by atoms with van der Waals surface area (Å²) in [5.74, 6) is 0. The van der Waals surface area contributed by atoms with Crippen molar-refractivity contribution in [3.63, 3.8) is 0 Å². The normalized spacial score (nSPS) is 12.3. The first-order valence-electron chi connectivity index (χ1n) is 23.5. The molecule has 0 fully saturated rings. The second-order valence-electron chi connectivity index (χ2n) is 18.3. The van der Waals surface area contributed by atoms with Gasteiger partial charge >= 0.3 is 12.4 Å². The molecule has 0 amide bonds. The molecule has 2 nitrogen and oxygen atoms in total. The van der Waals surface area contributed by atoms with Gasteiger partial charge in [0.1, 0.15) is 0 Å². The number of aromatic nitrogens is 2. The number of rotatable bonds is 6. The van der Waals surface area contributed by atoms with Crippen molar-refractivity contribution in [1.82, 2.24) is 9.13 Å². The summed E-state index contributed by atoms with van der Waals surface area (Å²) in [5.41, 5.74) is 11.9. The van der Waals surface area contributed by atoms with Crippen molar-refractivity contribution in [2.75, 3.05) is 0 Å². The summed E-state index contributed by atoms with van der Waals surface area (Å²) >= 11 is 0. The fourth-order valence-electron chi connectivity index (χ4n) is 10.9. The Labute approximate surface area is 408 Å². The van der Waals surface area contributed by atoms with Crippen molar-refractivity contribution in [1.29, 1.82) is 0 Å². The maximum atomic E-state index is 13.6. The number of halogens is 6. The molecule has 13 rings (SSSR count). The number of nitrogens with zero attached hydrogens (tertiary/aromatic N) is 2. The van der Waals surface area contributed by atoms with Crippen LogP contribution >= 0.6 is 0 Å². The molecule has 0 bridgehead atoms. The first-order chi connectivity index (χ1) is 35.0. The van der Waals surface area contributed by atoms with E-state index >= 15 is 0 Å². The molecule has 0 N–H and O–H groups in total. The van der Waals surface area contributed by atoms with Crippen LogP contribution in [0.25, 0.3) is 121 Å². The van der Waals surface area contributed by atoms with E-state index in [-0.39, 0.29) is 0 Å². The number of alkyl halides is 6. The van der Waals surface area contributed by atoms with Gasteiger partial charge in [0.2, 0.25) is 0 Å². The van der Waals surface area contributed by atoms with E-state index in [1.807, 2.05) is 57.7 Å².